The van der Waals surface area contributed by atoms with Crippen molar-refractivity contribution in [3.05, 3.63) is 24.3 Å². The van der Waals surface area contributed by atoms with Gasteiger partial charge >= 0.3 is 6.03 Å². The molecule has 3 amide bonds. The number of rotatable bonds is 7. The van der Waals surface area contributed by atoms with Crippen LogP contribution in [0.1, 0.15) is 6.92 Å². The molecule has 1 aromatic rings. The van der Waals surface area contributed by atoms with Gasteiger partial charge in [-0.15, -0.1) is 0 Å². The maximum atomic E-state index is 12.2. The lowest BCUT2D eigenvalue weighted by atomic mass is 10.2. The normalized spacial score (nSPS) is 15.4. The largest absolute Gasteiger partial charge is 0.491 e. The zero-order valence-electron chi connectivity index (χ0n) is 12.8. The number of carbonyl (C=O) groups is 2. The Hall–Kier alpha value is -2.28. The van der Waals surface area contributed by atoms with Crippen LogP contribution in [-0.2, 0) is 9.53 Å². The molecule has 0 unspecified atom stereocenters. The van der Waals surface area contributed by atoms with Crippen molar-refractivity contribution >= 4 is 17.6 Å². The van der Waals surface area contributed by atoms with Gasteiger partial charge in [0.1, 0.15) is 18.4 Å². The number of methoxy groups -OCH3 is 1. The molecule has 1 aliphatic heterocycles. The third kappa shape index (κ3) is 4.11. The fraction of sp³-hybridized carbons (Fsp3) is 0.467. The van der Waals surface area contributed by atoms with E-state index in [-0.39, 0.29) is 11.9 Å². The van der Waals surface area contributed by atoms with Gasteiger partial charge in [-0.1, -0.05) is 0 Å². The molecule has 120 valence electrons. The summed E-state index contributed by atoms with van der Waals surface area (Å²) in [6, 6.07) is 6.48. The predicted molar refractivity (Wildman–Crippen MR) is 82.0 cm³/mol. The van der Waals surface area contributed by atoms with E-state index in [0.29, 0.717) is 26.3 Å². The molecule has 1 aromatic carbocycles. The van der Waals surface area contributed by atoms with Crippen LogP contribution >= 0.6 is 0 Å². The van der Waals surface area contributed by atoms with Crippen LogP contribution < -0.4 is 15.4 Å². The maximum Gasteiger partial charge on any atom is 0.324 e. The van der Waals surface area contributed by atoms with Crippen LogP contribution in [0.3, 0.4) is 0 Å². The summed E-state index contributed by atoms with van der Waals surface area (Å²) in [5, 5.41) is 5.69. The van der Waals surface area contributed by atoms with Crippen molar-refractivity contribution in [3.8, 4) is 5.75 Å². The van der Waals surface area contributed by atoms with E-state index in [9.17, 15) is 9.59 Å². The SMILES string of the molecule is COCCOc1ccc(N[C@H](C)C(=O)N2CCNC2=O)cc1. The van der Waals surface area contributed by atoms with Gasteiger partial charge in [0.25, 0.3) is 5.91 Å². The van der Waals surface area contributed by atoms with Crippen LogP contribution in [0.25, 0.3) is 0 Å². The molecule has 0 saturated carbocycles. The summed E-state index contributed by atoms with van der Waals surface area (Å²) in [4.78, 5) is 24.9. The summed E-state index contributed by atoms with van der Waals surface area (Å²) in [5.74, 6) is 0.496. The van der Waals surface area contributed by atoms with E-state index in [1.807, 2.05) is 24.3 Å². The second-order valence-corrected chi connectivity index (χ2v) is 4.95. The van der Waals surface area contributed by atoms with Crippen LogP contribution in [0.4, 0.5) is 10.5 Å². The molecule has 1 atom stereocenters. The minimum absolute atomic E-state index is 0.240. The van der Waals surface area contributed by atoms with E-state index < -0.39 is 6.04 Å². The quantitative estimate of drug-likeness (QED) is 0.737. The van der Waals surface area contributed by atoms with Crippen LogP contribution in [0.5, 0.6) is 5.75 Å². The predicted octanol–water partition coefficient (Wildman–Crippen LogP) is 1.06. The highest BCUT2D eigenvalue weighted by Gasteiger charge is 2.29. The Balaban J connectivity index is 1.87. The van der Waals surface area contributed by atoms with Gasteiger partial charge in [0, 0.05) is 25.9 Å². The van der Waals surface area contributed by atoms with E-state index in [2.05, 4.69) is 10.6 Å². The van der Waals surface area contributed by atoms with Gasteiger partial charge < -0.3 is 20.1 Å². The number of ether oxygens (including phenoxy) is 2. The lowest BCUT2D eigenvalue weighted by Gasteiger charge is -2.19. The Kier molecular flexibility index (Phi) is 5.60. The van der Waals surface area contributed by atoms with Crippen molar-refractivity contribution in [2.24, 2.45) is 0 Å². The van der Waals surface area contributed by atoms with Crippen molar-refractivity contribution in [1.82, 2.24) is 10.2 Å². The van der Waals surface area contributed by atoms with E-state index >= 15 is 0 Å². The lowest BCUT2D eigenvalue weighted by Crippen LogP contribution is -2.43. The summed E-state index contributed by atoms with van der Waals surface area (Å²) in [6.45, 7) is 3.67. The van der Waals surface area contributed by atoms with Crippen LogP contribution in [0, 0.1) is 0 Å². The minimum atomic E-state index is -0.482. The first kappa shape index (κ1) is 16.1. The molecule has 1 saturated heterocycles. The number of urea groups is 1. The molecule has 0 spiro atoms. The highest BCUT2D eigenvalue weighted by Crippen LogP contribution is 2.17. The Morgan fingerprint density at radius 2 is 2.09 bits per heavy atom. The topological polar surface area (TPSA) is 79.9 Å². The number of hydrogen-bond acceptors (Lipinski definition) is 5. The van der Waals surface area contributed by atoms with Crippen LogP contribution in [0.2, 0.25) is 0 Å². The van der Waals surface area contributed by atoms with Crippen LogP contribution in [-0.4, -0.2) is 56.3 Å². The summed E-state index contributed by atoms with van der Waals surface area (Å²) in [7, 11) is 1.62. The fourth-order valence-electron chi connectivity index (χ4n) is 2.12. The maximum absolute atomic E-state index is 12.2. The Bertz CT molecular complexity index is 518. The smallest absolute Gasteiger partial charge is 0.324 e. The molecule has 0 bridgehead atoms. The first-order valence-electron chi connectivity index (χ1n) is 7.19. The highest BCUT2D eigenvalue weighted by atomic mass is 16.5. The number of amides is 3. The number of anilines is 1. The molecular formula is C15H21N3O4. The Labute approximate surface area is 129 Å². The van der Waals surface area contributed by atoms with Gasteiger partial charge in [-0.3, -0.25) is 9.69 Å². The number of carbonyl (C=O) groups excluding carboxylic acids is 2. The molecule has 0 aliphatic carbocycles. The second-order valence-electron chi connectivity index (χ2n) is 4.95. The van der Waals surface area contributed by atoms with Gasteiger partial charge in [-0.25, -0.2) is 4.79 Å². The van der Waals surface area contributed by atoms with Crippen molar-refractivity contribution in [1.29, 1.82) is 0 Å². The van der Waals surface area contributed by atoms with E-state index in [0.717, 1.165) is 11.4 Å². The van der Waals surface area contributed by atoms with E-state index in [1.165, 1.54) is 4.90 Å². The minimum Gasteiger partial charge on any atom is -0.491 e. The van der Waals surface area contributed by atoms with Crippen molar-refractivity contribution in [2.45, 2.75) is 13.0 Å². The number of imide groups is 1. The molecule has 2 N–H and O–H groups in total. The molecule has 2 rings (SSSR count). The number of benzene rings is 1. The monoisotopic (exact) mass is 307 g/mol. The second kappa shape index (κ2) is 7.65. The molecule has 1 heterocycles. The van der Waals surface area contributed by atoms with Gasteiger partial charge in [-0.05, 0) is 31.2 Å². The molecule has 7 heteroatoms. The first-order chi connectivity index (χ1) is 10.6. The lowest BCUT2D eigenvalue weighted by molar-refractivity contribution is -0.128. The summed E-state index contributed by atoms with van der Waals surface area (Å²) >= 11 is 0. The van der Waals surface area contributed by atoms with E-state index in [4.69, 9.17) is 9.47 Å². The summed E-state index contributed by atoms with van der Waals surface area (Å²) in [6.07, 6.45) is 0. The summed E-state index contributed by atoms with van der Waals surface area (Å²) < 4.78 is 10.4. The molecule has 0 aromatic heterocycles. The van der Waals surface area contributed by atoms with Crippen molar-refractivity contribution < 1.29 is 19.1 Å². The van der Waals surface area contributed by atoms with Crippen LogP contribution in [0.15, 0.2) is 24.3 Å². The molecule has 1 aliphatic rings. The van der Waals surface area contributed by atoms with Gasteiger partial charge in [0.2, 0.25) is 0 Å². The van der Waals surface area contributed by atoms with Gasteiger partial charge in [0.05, 0.1) is 6.61 Å². The highest BCUT2D eigenvalue weighted by molar-refractivity contribution is 5.99. The van der Waals surface area contributed by atoms with Crippen molar-refractivity contribution in [3.63, 3.8) is 0 Å². The molecule has 7 nitrogen and oxygen atoms in total. The fourth-order valence-corrected chi connectivity index (χ4v) is 2.12. The third-order valence-corrected chi connectivity index (χ3v) is 3.29. The van der Waals surface area contributed by atoms with Gasteiger partial charge in [0.15, 0.2) is 0 Å². The number of nitrogens with one attached hydrogen (secondary N) is 2. The average Bonchev–Trinajstić information content (AvgIpc) is 2.94. The Morgan fingerprint density at radius 3 is 2.68 bits per heavy atom. The number of hydrogen-bond donors (Lipinski definition) is 2. The molecule has 22 heavy (non-hydrogen) atoms. The summed E-state index contributed by atoms with van der Waals surface area (Å²) in [5.41, 5.74) is 0.791. The Morgan fingerprint density at radius 1 is 1.36 bits per heavy atom. The number of nitrogens with zero attached hydrogens (tertiary/aromatic N) is 1. The van der Waals surface area contributed by atoms with Crippen molar-refractivity contribution in [2.75, 3.05) is 38.7 Å². The first-order valence-corrected chi connectivity index (χ1v) is 7.19. The van der Waals surface area contributed by atoms with Gasteiger partial charge in [-0.2, -0.15) is 0 Å². The zero-order chi connectivity index (χ0) is 15.9. The standard InChI is InChI=1S/C15H21N3O4/c1-11(14(19)18-8-7-16-15(18)20)17-12-3-5-13(6-4-12)22-10-9-21-2/h3-6,11,17H,7-10H2,1-2H3,(H,16,20)/t11-/m1/s1. The third-order valence-electron chi connectivity index (χ3n) is 3.29. The average molecular weight is 307 g/mol. The molecular weight excluding hydrogens is 286 g/mol. The zero-order valence-corrected chi connectivity index (χ0v) is 12.8. The molecule has 1 fully saturated rings. The molecule has 0 radical (unpaired) electrons. The van der Waals surface area contributed by atoms with E-state index in [1.54, 1.807) is 14.0 Å².